The highest BCUT2D eigenvalue weighted by Crippen LogP contribution is 2.61. The van der Waals surface area contributed by atoms with Crippen molar-refractivity contribution in [2.45, 2.75) is 59.2 Å². The van der Waals surface area contributed by atoms with E-state index in [4.69, 9.17) is 4.43 Å². The average Bonchev–Trinajstić information content (AvgIpc) is 2.12. The second-order valence-corrected chi connectivity index (χ2v) is 12.9. The summed E-state index contributed by atoms with van der Waals surface area (Å²) in [5.41, 5.74) is 1.62. The van der Waals surface area contributed by atoms with Gasteiger partial charge in [0, 0.05) is 5.92 Å². The fourth-order valence-corrected chi connectivity index (χ4v) is 4.07. The molecular weight excluding hydrogens is 236 g/mol. The number of fused-ring (bicyclic) bond motifs is 1. The molecule has 102 valence electrons. The molecular formula is C16H28OSi. The highest BCUT2D eigenvalue weighted by Gasteiger charge is 2.55. The summed E-state index contributed by atoms with van der Waals surface area (Å²) in [4.78, 5) is 0. The van der Waals surface area contributed by atoms with Crippen molar-refractivity contribution in [3.05, 3.63) is 24.0 Å². The minimum Gasteiger partial charge on any atom is -0.546 e. The molecule has 0 unspecified atom stereocenters. The Morgan fingerprint density at radius 3 is 2.22 bits per heavy atom. The summed E-state index contributed by atoms with van der Waals surface area (Å²) in [7, 11) is -1.71. The van der Waals surface area contributed by atoms with E-state index in [1.54, 1.807) is 0 Å². The van der Waals surface area contributed by atoms with E-state index in [1.807, 2.05) is 0 Å². The second-order valence-electron chi connectivity index (χ2n) is 8.15. The summed E-state index contributed by atoms with van der Waals surface area (Å²) < 4.78 is 6.54. The first kappa shape index (κ1) is 13.9. The molecule has 0 amide bonds. The van der Waals surface area contributed by atoms with Gasteiger partial charge in [-0.05, 0) is 47.5 Å². The Morgan fingerprint density at radius 2 is 1.83 bits per heavy atom. The zero-order chi connectivity index (χ0) is 13.9. The first-order valence-corrected chi connectivity index (χ1v) is 9.97. The van der Waals surface area contributed by atoms with Crippen molar-refractivity contribution in [1.82, 2.24) is 0 Å². The van der Waals surface area contributed by atoms with Crippen LogP contribution in [0.25, 0.3) is 0 Å². The van der Waals surface area contributed by atoms with Gasteiger partial charge in [-0.1, -0.05) is 41.2 Å². The highest BCUT2D eigenvalue weighted by molar-refractivity contribution is 6.74. The van der Waals surface area contributed by atoms with E-state index in [2.05, 4.69) is 60.4 Å². The smallest absolute Gasteiger partial charge is 0.250 e. The van der Waals surface area contributed by atoms with Crippen molar-refractivity contribution >= 4 is 8.32 Å². The molecule has 3 aliphatic carbocycles. The molecule has 0 radical (unpaired) electrons. The lowest BCUT2D eigenvalue weighted by Gasteiger charge is -2.57. The van der Waals surface area contributed by atoms with Gasteiger partial charge in [0.1, 0.15) is 0 Å². The van der Waals surface area contributed by atoms with Gasteiger partial charge in [0.05, 0.1) is 5.76 Å². The van der Waals surface area contributed by atoms with Crippen LogP contribution in [0.4, 0.5) is 0 Å². The van der Waals surface area contributed by atoms with Gasteiger partial charge in [0.2, 0.25) is 8.32 Å². The van der Waals surface area contributed by atoms with Crippen molar-refractivity contribution in [2.24, 2.45) is 17.3 Å². The van der Waals surface area contributed by atoms with Crippen LogP contribution in [0.15, 0.2) is 24.0 Å². The first-order valence-electron chi connectivity index (χ1n) is 7.06. The van der Waals surface area contributed by atoms with Crippen LogP contribution in [0, 0.1) is 17.3 Å². The summed E-state index contributed by atoms with van der Waals surface area (Å²) in [5.74, 6) is 2.51. The molecule has 3 aliphatic rings. The minimum atomic E-state index is -1.71. The Hall–Kier alpha value is -0.503. The molecule has 18 heavy (non-hydrogen) atoms. The van der Waals surface area contributed by atoms with Crippen LogP contribution in [-0.2, 0) is 4.43 Å². The van der Waals surface area contributed by atoms with Crippen LogP contribution >= 0.6 is 0 Å². The van der Waals surface area contributed by atoms with Crippen LogP contribution < -0.4 is 0 Å². The summed E-state index contributed by atoms with van der Waals surface area (Å²) in [6, 6.07) is 0. The average molecular weight is 264 g/mol. The normalized spacial score (nSPS) is 30.6. The standard InChI is InChI=1S/C16H28OSi/c1-11-9-14(13-10-12(11)16(13,5)6)17-18(7,8)15(2,3)4/h9,12-13H,1,10H2,2-8H3/t12-,13+/m0/s1. The van der Waals surface area contributed by atoms with E-state index in [0.29, 0.717) is 17.3 Å². The molecule has 0 N–H and O–H groups in total. The van der Waals surface area contributed by atoms with Crippen molar-refractivity contribution < 1.29 is 4.43 Å². The maximum atomic E-state index is 6.54. The molecule has 0 aromatic heterocycles. The molecule has 0 aromatic carbocycles. The monoisotopic (exact) mass is 264 g/mol. The van der Waals surface area contributed by atoms with Gasteiger partial charge in [-0.15, -0.1) is 0 Å². The maximum Gasteiger partial charge on any atom is 0.250 e. The summed E-state index contributed by atoms with van der Waals surface area (Å²) in [6.45, 7) is 20.5. The van der Waals surface area contributed by atoms with Crippen LogP contribution in [-0.4, -0.2) is 8.32 Å². The summed E-state index contributed by atoms with van der Waals surface area (Å²) >= 11 is 0. The molecule has 2 atom stereocenters. The fourth-order valence-electron chi connectivity index (χ4n) is 2.97. The lowest BCUT2D eigenvalue weighted by atomic mass is 9.49. The van der Waals surface area contributed by atoms with E-state index in [0.717, 1.165) is 0 Å². The Labute approximate surface area is 113 Å². The lowest BCUT2D eigenvalue weighted by molar-refractivity contribution is -0.00338. The number of hydrogen-bond donors (Lipinski definition) is 0. The molecule has 0 heterocycles. The van der Waals surface area contributed by atoms with Crippen LogP contribution in [0.5, 0.6) is 0 Å². The van der Waals surface area contributed by atoms with Gasteiger partial charge in [0.25, 0.3) is 0 Å². The largest absolute Gasteiger partial charge is 0.546 e. The Balaban J connectivity index is 2.24. The van der Waals surface area contributed by atoms with Gasteiger partial charge in [0.15, 0.2) is 0 Å². The van der Waals surface area contributed by atoms with Crippen LogP contribution in [0.1, 0.15) is 41.0 Å². The van der Waals surface area contributed by atoms with Gasteiger partial charge >= 0.3 is 0 Å². The zero-order valence-electron chi connectivity index (χ0n) is 13.1. The van der Waals surface area contributed by atoms with Crippen molar-refractivity contribution in [3.8, 4) is 0 Å². The number of rotatable bonds is 2. The molecule has 1 nitrogen and oxygen atoms in total. The Bertz CT molecular complexity index is 409. The molecule has 0 aliphatic heterocycles. The highest BCUT2D eigenvalue weighted by atomic mass is 28.4. The van der Waals surface area contributed by atoms with Gasteiger partial charge in [-0.3, -0.25) is 0 Å². The Morgan fingerprint density at radius 1 is 1.28 bits per heavy atom. The van der Waals surface area contributed by atoms with Crippen LogP contribution in [0.2, 0.25) is 18.1 Å². The van der Waals surface area contributed by atoms with E-state index in [-0.39, 0.29) is 5.04 Å². The third kappa shape index (κ3) is 1.89. The van der Waals surface area contributed by atoms with Crippen molar-refractivity contribution in [1.29, 1.82) is 0 Å². The molecule has 3 rings (SSSR count). The third-order valence-corrected chi connectivity index (χ3v) is 9.92. The van der Waals surface area contributed by atoms with Gasteiger partial charge < -0.3 is 4.43 Å². The second kappa shape index (κ2) is 3.75. The van der Waals surface area contributed by atoms with Gasteiger partial charge in [-0.25, -0.2) is 0 Å². The van der Waals surface area contributed by atoms with Crippen LogP contribution in [0.3, 0.4) is 0 Å². The molecule has 0 aromatic rings. The third-order valence-electron chi connectivity index (χ3n) is 5.57. The van der Waals surface area contributed by atoms with Crippen molar-refractivity contribution in [2.75, 3.05) is 0 Å². The molecule has 0 saturated heterocycles. The molecule has 0 spiro atoms. The predicted octanol–water partition coefficient (Wildman–Crippen LogP) is 5.12. The minimum absolute atomic E-state index is 0.264. The summed E-state index contributed by atoms with van der Waals surface area (Å²) in [6.07, 6.45) is 3.47. The topological polar surface area (TPSA) is 9.23 Å². The summed E-state index contributed by atoms with van der Waals surface area (Å²) in [5, 5.41) is 0.264. The SMILES string of the molecule is C=C1C=C(O[Si](C)(C)C(C)(C)C)[C@H]2C[C@@H]1C2(C)C. The first-order chi connectivity index (χ1) is 7.97. The van der Waals surface area contributed by atoms with Gasteiger partial charge in [-0.2, -0.15) is 0 Å². The zero-order valence-corrected chi connectivity index (χ0v) is 14.1. The fraction of sp³-hybridized carbons (Fsp3) is 0.750. The predicted molar refractivity (Wildman–Crippen MR) is 80.9 cm³/mol. The van der Waals surface area contributed by atoms with E-state index in [1.165, 1.54) is 17.8 Å². The number of hydrogen-bond acceptors (Lipinski definition) is 1. The molecule has 2 bridgehead atoms. The maximum absolute atomic E-state index is 6.54. The van der Waals surface area contributed by atoms with E-state index in [9.17, 15) is 0 Å². The quantitative estimate of drug-likeness (QED) is 0.629. The molecule has 1 fully saturated rings. The Kier molecular flexibility index (Phi) is 2.90. The number of allylic oxidation sites excluding steroid dienone is 3. The van der Waals surface area contributed by atoms with Crippen molar-refractivity contribution in [3.63, 3.8) is 0 Å². The molecule has 2 heteroatoms. The van der Waals surface area contributed by atoms with E-state index >= 15 is 0 Å². The van der Waals surface area contributed by atoms with E-state index < -0.39 is 8.32 Å². The molecule has 1 saturated carbocycles. The lowest BCUT2D eigenvalue weighted by Crippen LogP contribution is -2.52.